The van der Waals surface area contributed by atoms with E-state index in [1.54, 1.807) is 24.3 Å². The average Bonchev–Trinajstić information content (AvgIpc) is 3.09. The number of anilines is 1. The molecule has 8 nitrogen and oxygen atoms in total. The first kappa shape index (κ1) is 23.0. The number of hydrogen-bond acceptors (Lipinski definition) is 7. The lowest BCUT2D eigenvalue weighted by molar-refractivity contribution is -0.132. The van der Waals surface area contributed by atoms with Gasteiger partial charge in [0.25, 0.3) is 11.7 Å². The highest BCUT2D eigenvalue weighted by Crippen LogP contribution is 2.46. The molecule has 0 bridgehead atoms. The number of nitrogens with zero attached hydrogens (tertiary/aromatic N) is 1. The number of benzene rings is 3. The molecule has 1 amide bonds. The molecule has 1 heterocycles. The van der Waals surface area contributed by atoms with Gasteiger partial charge in [0.05, 0.1) is 42.1 Å². The van der Waals surface area contributed by atoms with Crippen molar-refractivity contribution in [3.05, 3.63) is 82.4 Å². The lowest BCUT2D eigenvalue weighted by atomic mass is 9.94. The fourth-order valence-electron chi connectivity index (χ4n) is 3.95. The number of aliphatic hydroxyl groups excluding tert-OH is 1. The summed E-state index contributed by atoms with van der Waals surface area (Å²) < 4.78 is 10.5. The monoisotopic (exact) mass is 481 g/mol. The molecule has 3 aromatic carbocycles. The van der Waals surface area contributed by atoms with Crippen LogP contribution in [0.15, 0.2) is 66.2 Å². The number of ether oxygens (including phenoxy) is 2. The number of para-hydroxylation sites is 2. The third-order valence-electron chi connectivity index (χ3n) is 5.50. The number of halogens is 1. The Balaban J connectivity index is 2.02. The summed E-state index contributed by atoms with van der Waals surface area (Å²) in [6, 6.07) is 13.6. The maximum absolute atomic E-state index is 13.2. The van der Waals surface area contributed by atoms with Crippen molar-refractivity contribution in [2.45, 2.75) is 6.04 Å². The minimum Gasteiger partial charge on any atom is -0.508 e. The first-order chi connectivity index (χ1) is 16.3. The molecular weight excluding hydrogens is 462 g/mol. The Morgan fingerprint density at radius 2 is 1.65 bits per heavy atom. The topological polar surface area (TPSA) is 117 Å². The van der Waals surface area contributed by atoms with Gasteiger partial charge in [0.15, 0.2) is 0 Å². The van der Waals surface area contributed by atoms with E-state index in [1.165, 1.54) is 50.6 Å². The smallest absolute Gasteiger partial charge is 0.300 e. The van der Waals surface area contributed by atoms with Gasteiger partial charge in [-0.15, -0.1) is 0 Å². The van der Waals surface area contributed by atoms with Crippen LogP contribution in [0.3, 0.4) is 0 Å². The Kier molecular flexibility index (Phi) is 6.08. The predicted molar refractivity (Wildman–Crippen MR) is 126 cm³/mol. The second-order valence-electron chi connectivity index (χ2n) is 7.44. The maximum Gasteiger partial charge on any atom is 0.300 e. The third kappa shape index (κ3) is 3.78. The molecule has 1 unspecified atom stereocenters. The molecule has 1 atom stereocenters. The summed E-state index contributed by atoms with van der Waals surface area (Å²) in [5.74, 6) is -2.38. The maximum atomic E-state index is 13.2. The van der Waals surface area contributed by atoms with Crippen LogP contribution >= 0.6 is 11.6 Å². The molecule has 4 rings (SSSR count). The van der Waals surface area contributed by atoms with Crippen LogP contribution in [-0.4, -0.2) is 41.2 Å². The molecule has 174 valence electrons. The second-order valence-corrected chi connectivity index (χ2v) is 7.85. The van der Waals surface area contributed by atoms with Crippen LogP contribution in [0, 0.1) is 0 Å². The molecule has 0 spiro atoms. The zero-order valence-corrected chi connectivity index (χ0v) is 18.9. The van der Waals surface area contributed by atoms with E-state index in [9.17, 15) is 24.9 Å². The number of amides is 1. The number of carbonyl (C=O) groups excluding carboxylic acids is 2. The van der Waals surface area contributed by atoms with Crippen molar-refractivity contribution in [3.63, 3.8) is 0 Å². The number of Topliss-reactive ketones (excluding diaryl/α,β-unsaturated/α-hetero) is 1. The molecule has 0 saturated carbocycles. The van der Waals surface area contributed by atoms with E-state index >= 15 is 0 Å². The number of carbonyl (C=O) groups is 2. The van der Waals surface area contributed by atoms with Crippen molar-refractivity contribution in [3.8, 4) is 23.0 Å². The van der Waals surface area contributed by atoms with E-state index in [2.05, 4.69) is 0 Å². The number of aromatic hydroxyl groups is 2. The third-order valence-corrected chi connectivity index (χ3v) is 5.80. The molecule has 1 aliphatic rings. The van der Waals surface area contributed by atoms with Crippen LogP contribution < -0.4 is 14.4 Å². The van der Waals surface area contributed by atoms with E-state index in [-0.39, 0.29) is 44.8 Å². The summed E-state index contributed by atoms with van der Waals surface area (Å²) in [4.78, 5) is 27.5. The van der Waals surface area contributed by atoms with Gasteiger partial charge >= 0.3 is 0 Å². The average molecular weight is 482 g/mol. The summed E-state index contributed by atoms with van der Waals surface area (Å²) in [7, 11) is 2.78. The largest absolute Gasteiger partial charge is 0.508 e. The van der Waals surface area contributed by atoms with E-state index in [0.717, 1.165) is 4.90 Å². The molecule has 34 heavy (non-hydrogen) atoms. The normalized spacial score (nSPS) is 17.1. The summed E-state index contributed by atoms with van der Waals surface area (Å²) in [5, 5.41) is 32.0. The van der Waals surface area contributed by atoms with E-state index in [4.69, 9.17) is 21.1 Å². The van der Waals surface area contributed by atoms with Crippen molar-refractivity contribution >= 4 is 34.7 Å². The van der Waals surface area contributed by atoms with Crippen molar-refractivity contribution in [1.29, 1.82) is 0 Å². The second kappa shape index (κ2) is 8.99. The van der Waals surface area contributed by atoms with Crippen molar-refractivity contribution in [2.24, 2.45) is 0 Å². The number of phenolic OH excluding ortho intramolecular Hbond substituents is 2. The van der Waals surface area contributed by atoms with E-state index < -0.39 is 23.5 Å². The fourth-order valence-corrected chi connectivity index (χ4v) is 4.19. The first-order valence-electron chi connectivity index (χ1n) is 10.1. The van der Waals surface area contributed by atoms with Gasteiger partial charge in [0.1, 0.15) is 28.8 Å². The highest BCUT2D eigenvalue weighted by atomic mass is 35.5. The van der Waals surface area contributed by atoms with Gasteiger partial charge < -0.3 is 24.8 Å². The quantitative estimate of drug-likeness (QED) is 0.281. The van der Waals surface area contributed by atoms with Gasteiger partial charge in [0, 0.05) is 6.07 Å². The Hall–Kier alpha value is -4.17. The highest BCUT2D eigenvalue weighted by molar-refractivity contribution is 6.52. The van der Waals surface area contributed by atoms with Crippen LogP contribution in [0.5, 0.6) is 23.0 Å². The Morgan fingerprint density at radius 3 is 2.29 bits per heavy atom. The summed E-state index contributed by atoms with van der Waals surface area (Å²) in [5.41, 5.74) is 0.200. The van der Waals surface area contributed by atoms with Gasteiger partial charge in [-0.05, 0) is 35.9 Å². The molecule has 0 radical (unpaired) electrons. The van der Waals surface area contributed by atoms with Crippen molar-refractivity contribution in [2.75, 3.05) is 19.1 Å². The molecular formula is C25H20ClNO7. The standard InChI is InChI=1S/C25H20ClNO7/c1-33-19-12-20(34-2)16(26)11-15(19)23(30)21-22(13-6-5-7-14(28)10-13)27(25(32)24(21)31)17-8-3-4-9-18(17)29/h3-12,22,28-30H,1-2H3/b23-21+. The molecule has 1 aliphatic heterocycles. The highest BCUT2D eigenvalue weighted by Gasteiger charge is 2.48. The number of hydrogen-bond donors (Lipinski definition) is 3. The van der Waals surface area contributed by atoms with Crippen LogP contribution in [0.2, 0.25) is 5.02 Å². The van der Waals surface area contributed by atoms with Crippen LogP contribution in [0.25, 0.3) is 5.76 Å². The number of rotatable bonds is 5. The van der Waals surface area contributed by atoms with E-state index in [1.807, 2.05) is 0 Å². The van der Waals surface area contributed by atoms with Gasteiger partial charge in [-0.25, -0.2) is 0 Å². The summed E-state index contributed by atoms with van der Waals surface area (Å²) in [6.45, 7) is 0. The number of aliphatic hydroxyl groups is 1. The van der Waals surface area contributed by atoms with Crippen molar-refractivity contribution < 1.29 is 34.4 Å². The molecule has 3 N–H and O–H groups in total. The van der Waals surface area contributed by atoms with Crippen LogP contribution in [0.1, 0.15) is 17.2 Å². The zero-order chi connectivity index (χ0) is 24.6. The van der Waals surface area contributed by atoms with Gasteiger partial charge in [-0.3, -0.25) is 14.5 Å². The Morgan fingerprint density at radius 1 is 0.941 bits per heavy atom. The number of phenols is 2. The minimum absolute atomic E-state index is 0.0636. The van der Waals surface area contributed by atoms with Gasteiger partial charge in [-0.2, -0.15) is 0 Å². The molecule has 1 saturated heterocycles. The Bertz CT molecular complexity index is 1330. The molecule has 0 aliphatic carbocycles. The molecule has 0 aromatic heterocycles. The van der Waals surface area contributed by atoms with Crippen LogP contribution in [0.4, 0.5) is 5.69 Å². The van der Waals surface area contributed by atoms with Crippen molar-refractivity contribution in [1.82, 2.24) is 0 Å². The molecule has 1 fully saturated rings. The number of methoxy groups -OCH3 is 2. The summed E-state index contributed by atoms with van der Waals surface area (Å²) in [6.07, 6.45) is 0. The van der Waals surface area contributed by atoms with Gasteiger partial charge in [-0.1, -0.05) is 35.9 Å². The van der Waals surface area contributed by atoms with E-state index in [0.29, 0.717) is 5.56 Å². The Labute approximate surface area is 199 Å². The summed E-state index contributed by atoms with van der Waals surface area (Å²) >= 11 is 6.25. The lowest BCUT2D eigenvalue weighted by Crippen LogP contribution is -2.29. The zero-order valence-electron chi connectivity index (χ0n) is 18.2. The molecule has 3 aromatic rings. The van der Waals surface area contributed by atoms with Crippen LogP contribution in [-0.2, 0) is 9.59 Å². The lowest BCUT2D eigenvalue weighted by Gasteiger charge is -2.26. The SMILES string of the molecule is COc1cc(OC)c(/C(O)=C2\C(=O)C(=O)N(c3ccccc3O)C2c2cccc(O)c2)cc1Cl. The fraction of sp³-hybridized carbons (Fsp3) is 0.120. The first-order valence-corrected chi connectivity index (χ1v) is 10.5. The minimum atomic E-state index is -1.16. The number of ketones is 1. The van der Waals surface area contributed by atoms with Gasteiger partial charge in [0.2, 0.25) is 0 Å². The predicted octanol–water partition coefficient (Wildman–Crippen LogP) is 4.39. The molecule has 9 heteroatoms.